The fourth-order valence-corrected chi connectivity index (χ4v) is 2.19. The van der Waals surface area contributed by atoms with Gasteiger partial charge in [-0.3, -0.25) is 4.90 Å². The van der Waals surface area contributed by atoms with Crippen LogP contribution in [0.1, 0.15) is 0 Å². The molecule has 0 aromatic carbocycles. The number of rotatable bonds is 15. The van der Waals surface area contributed by atoms with E-state index >= 15 is 0 Å². The summed E-state index contributed by atoms with van der Waals surface area (Å²) in [5.41, 5.74) is 0. The average Bonchev–Trinajstić information content (AvgIpc) is 2.49. The van der Waals surface area contributed by atoms with Crippen LogP contribution in [0.3, 0.4) is 0 Å². The molecular weight excluding hydrogens is 288 g/mol. The molecule has 0 aromatic rings. The van der Waals surface area contributed by atoms with Crippen LogP contribution in [-0.2, 0) is 0 Å². The summed E-state index contributed by atoms with van der Waals surface area (Å²) in [7, 11) is 15.0. The van der Waals surface area contributed by atoms with Crippen LogP contribution < -0.4 is 5.32 Å². The van der Waals surface area contributed by atoms with Crippen LogP contribution in [0.4, 0.5) is 0 Å². The SMILES string of the molecule is CNCCN(CCN(C)CCN(C)C)CCN(C)CCN(C)C. The maximum absolute atomic E-state index is 3.27. The highest BCUT2D eigenvalue weighted by atomic mass is 15.2. The minimum Gasteiger partial charge on any atom is -0.318 e. The van der Waals surface area contributed by atoms with Gasteiger partial charge in [-0.15, -0.1) is 0 Å². The monoisotopic (exact) mass is 330 g/mol. The van der Waals surface area contributed by atoms with Gasteiger partial charge in [-0.25, -0.2) is 0 Å². The highest BCUT2D eigenvalue weighted by molar-refractivity contribution is 4.66. The molecule has 0 saturated heterocycles. The highest BCUT2D eigenvalue weighted by Crippen LogP contribution is 1.93. The first kappa shape index (κ1) is 22.8. The molecule has 0 atom stereocenters. The third kappa shape index (κ3) is 15.1. The van der Waals surface area contributed by atoms with Gasteiger partial charge in [0, 0.05) is 65.4 Å². The van der Waals surface area contributed by atoms with Gasteiger partial charge in [-0.05, 0) is 49.3 Å². The van der Waals surface area contributed by atoms with Crippen molar-refractivity contribution in [2.75, 3.05) is 115 Å². The van der Waals surface area contributed by atoms with Crippen molar-refractivity contribution in [2.45, 2.75) is 0 Å². The number of nitrogens with one attached hydrogen (secondary N) is 1. The molecule has 23 heavy (non-hydrogen) atoms. The minimum atomic E-state index is 1.06. The van der Waals surface area contributed by atoms with E-state index < -0.39 is 0 Å². The van der Waals surface area contributed by atoms with Gasteiger partial charge in [0.05, 0.1) is 0 Å². The molecule has 1 N–H and O–H groups in total. The Morgan fingerprint density at radius 3 is 1.26 bits per heavy atom. The molecule has 0 aromatic heterocycles. The third-order valence-electron chi connectivity index (χ3n) is 4.13. The van der Waals surface area contributed by atoms with Gasteiger partial charge in [0.2, 0.25) is 0 Å². The molecule has 0 saturated carbocycles. The molecule has 6 heteroatoms. The quantitative estimate of drug-likeness (QED) is 0.435. The first-order chi connectivity index (χ1) is 10.8. The fraction of sp³-hybridized carbons (Fsp3) is 1.00. The summed E-state index contributed by atoms with van der Waals surface area (Å²) in [5.74, 6) is 0. The van der Waals surface area contributed by atoms with E-state index in [1.165, 1.54) is 0 Å². The van der Waals surface area contributed by atoms with Crippen molar-refractivity contribution in [1.29, 1.82) is 0 Å². The Kier molecular flexibility index (Phi) is 14.0. The summed E-state index contributed by atoms with van der Waals surface area (Å²) in [4.78, 5) is 11.9. The van der Waals surface area contributed by atoms with E-state index in [-0.39, 0.29) is 0 Å². The van der Waals surface area contributed by atoms with Gasteiger partial charge in [-0.1, -0.05) is 0 Å². The smallest absolute Gasteiger partial charge is 0.0110 e. The molecule has 0 radical (unpaired) electrons. The Hall–Kier alpha value is -0.240. The van der Waals surface area contributed by atoms with E-state index in [0.29, 0.717) is 0 Å². The average molecular weight is 331 g/mol. The van der Waals surface area contributed by atoms with Crippen LogP contribution in [0.5, 0.6) is 0 Å². The summed E-state index contributed by atoms with van der Waals surface area (Å²) < 4.78 is 0. The Labute approximate surface area is 145 Å². The standard InChI is InChI=1S/C17H42N6/c1-18-8-9-23(16-14-21(6)12-10-19(2)3)17-15-22(7)13-11-20(4)5/h18H,8-17H2,1-7H3. The van der Waals surface area contributed by atoms with E-state index in [0.717, 1.165) is 65.4 Å². The van der Waals surface area contributed by atoms with Crippen LogP contribution >= 0.6 is 0 Å². The summed E-state index contributed by atoms with van der Waals surface area (Å²) in [6.07, 6.45) is 0. The lowest BCUT2D eigenvalue weighted by Gasteiger charge is -2.28. The van der Waals surface area contributed by atoms with Crippen LogP contribution in [0, 0.1) is 0 Å². The normalized spacial score (nSPS) is 12.5. The molecule has 0 unspecified atom stereocenters. The van der Waals surface area contributed by atoms with Gasteiger partial charge in [0.25, 0.3) is 0 Å². The van der Waals surface area contributed by atoms with Gasteiger partial charge in [0.1, 0.15) is 0 Å². The van der Waals surface area contributed by atoms with Gasteiger partial charge >= 0.3 is 0 Å². The van der Waals surface area contributed by atoms with E-state index in [9.17, 15) is 0 Å². The Bertz CT molecular complexity index is 237. The van der Waals surface area contributed by atoms with Crippen molar-refractivity contribution in [3.8, 4) is 0 Å². The maximum atomic E-state index is 3.27. The number of likely N-dealkylation sites (N-methyl/N-ethyl adjacent to an activating group) is 5. The second-order valence-corrected chi connectivity index (χ2v) is 7.16. The molecule has 0 fully saturated rings. The van der Waals surface area contributed by atoms with Gasteiger partial charge < -0.3 is 24.9 Å². The topological polar surface area (TPSA) is 28.2 Å². The van der Waals surface area contributed by atoms with Crippen molar-refractivity contribution < 1.29 is 0 Å². The largest absolute Gasteiger partial charge is 0.318 e. The molecule has 0 spiro atoms. The van der Waals surface area contributed by atoms with Crippen LogP contribution in [0.2, 0.25) is 0 Å². The second-order valence-electron chi connectivity index (χ2n) is 7.16. The van der Waals surface area contributed by atoms with E-state index in [1.54, 1.807) is 0 Å². The summed E-state index contributed by atoms with van der Waals surface area (Å²) in [6.45, 7) is 11.3. The molecule has 0 aliphatic carbocycles. The predicted octanol–water partition coefficient (Wildman–Crippen LogP) is -0.505. The number of hydrogen-bond donors (Lipinski definition) is 1. The zero-order valence-corrected chi connectivity index (χ0v) is 16.8. The molecule has 0 heterocycles. The maximum Gasteiger partial charge on any atom is 0.0110 e. The lowest BCUT2D eigenvalue weighted by Crippen LogP contribution is -2.42. The molecule has 140 valence electrons. The second kappa shape index (κ2) is 14.1. The fourth-order valence-electron chi connectivity index (χ4n) is 2.19. The molecule has 0 amide bonds. The minimum absolute atomic E-state index is 1.06. The van der Waals surface area contributed by atoms with Gasteiger partial charge in [0.15, 0.2) is 0 Å². The van der Waals surface area contributed by atoms with Crippen LogP contribution in [-0.4, -0.2) is 139 Å². The zero-order valence-electron chi connectivity index (χ0n) is 16.8. The molecule has 6 nitrogen and oxygen atoms in total. The van der Waals surface area contributed by atoms with Crippen LogP contribution in [0.25, 0.3) is 0 Å². The van der Waals surface area contributed by atoms with Crippen LogP contribution in [0.15, 0.2) is 0 Å². The summed E-state index contributed by atoms with van der Waals surface area (Å²) >= 11 is 0. The zero-order chi connectivity index (χ0) is 17.7. The lowest BCUT2D eigenvalue weighted by atomic mass is 10.4. The first-order valence-electron chi connectivity index (χ1n) is 8.88. The number of nitrogens with zero attached hydrogens (tertiary/aromatic N) is 5. The number of hydrogen-bond acceptors (Lipinski definition) is 6. The van der Waals surface area contributed by atoms with Crippen molar-refractivity contribution in [3.63, 3.8) is 0 Å². The van der Waals surface area contributed by atoms with E-state index in [4.69, 9.17) is 0 Å². The Balaban J connectivity index is 4.04. The molecular formula is C17H42N6. The lowest BCUT2D eigenvalue weighted by molar-refractivity contribution is 0.189. The summed E-state index contributed by atoms with van der Waals surface area (Å²) in [5, 5.41) is 3.27. The van der Waals surface area contributed by atoms with Crippen molar-refractivity contribution in [3.05, 3.63) is 0 Å². The van der Waals surface area contributed by atoms with Crippen molar-refractivity contribution in [2.24, 2.45) is 0 Å². The highest BCUT2D eigenvalue weighted by Gasteiger charge is 2.08. The molecule has 0 aliphatic heterocycles. The van der Waals surface area contributed by atoms with Gasteiger partial charge in [-0.2, -0.15) is 0 Å². The molecule has 0 rings (SSSR count). The first-order valence-corrected chi connectivity index (χ1v) is 8.88. The van der Waals surface area contributed by atoms with E-state index in [2.05, 4.69) is 72.1 Å². The third-order valence-corrected chi connectivity index (χ3v) is 4.13. The van der Waals surface area contributed by atoms with E-state index in [1.807, 2.05) is 7.05 Å². The molecule has 0 aliphatic rings. The summed E-state index contributed by atoms with van der Waals surface area (Å²) in [6, 6.07) is 0. The Morgan fingerprint density at radius 2 is 0.913 bits per heavy atom. The molecule has 0 bridgehead atoms. The predicted molar refractivity (Wildman–Crippen MR) is 102 cm³/mol. The van der Waals surface area contributed by atoms with Crippen molar-refractivity contribution in [1.82, 2.24) is 29.8 Å². The Morgan fingerprint density at radius 1 is 0.522 bits per heavy atom. The van der Waals surface area contributed by atoms with Crippen molar-refractivity contribution >= 4 is 0 Å².